The molecular formula is C26H33N3O3S. The van der Waals surface area contributed by atoms with E-state index in [1.54, 1.807) is 30.7 Å². The molecule has 1 heterocycles. The third-order valence-electron chi connectivity index (χ3n) is 5.34. The van der Waals surface area contributed by atoms with E-state index in [0.29, 0.717) is 48.0 Å². The number of nitrogens with zero attached hydrogens (tertiary/aromatic N) is 2. The molecule has 0 spiro atoms. The van der Waals surface area contributed by atoms with Gasteiger partial charge in [-0.1, -0.05) is 30.3 Å². The zero-order chi connectivity index (χ0) is 23.8. The fourth-order valence-electron chi connectivity index (χ4n) is 3.70. The summed E-state index contributed by atoms with van der Waals surface area (Å²) in [6.45, 7) is 10.1. The number of hydrogen-bond donors (Lipinski definition) is 1. The first-order valence-corrected chi connectivity index (χ1v) is 12.1. The van der Waals surface area contributed by atoms with Crippen LogP contribution < -0.4 is 14.8 Å². The zero-order valence-corrected chi connectivity index (χ0v) is 20.8. The minimum atomic E-state index is -0.243. The maximum Gasteiger partial charge on any atom is 0.275 e. The van der Waals surface area contributed by atoms with Crippen LogP contribution in [0.5, 0.6) is 11.5 Å². The molecule has 3 rings (SSSR count). The summed E-state index contributed by atoms with van der Waals surface area (Å²) < 4.78 is 11.5. The molecule has 0 fully saturated rings. The lowest BCUT2D eigenvalue weighted by molar-refractivity contribution is 0.102. The number of nitrogens with one attached hydrogen (secondary N) is 1. The van der Waals surface area contributed by atoms with Gasteiger partial charge in [0.1, 0.15) is 12.3 Å². The van der Waals surface area contributed by atoms with Gasteiger partial charge in [0.15, 0.2) is 11.5 Å². The lowest BCUT2D eigenvalue weighted by atomic mass is 10.2. The van der Waals surface area contributed by atoms with Crippen LogP contribution in [0.4, 0.5) is 5.69 Å². The normalized spacial score (nSPS) is 11.3. The highest BCUT2D eigenvalue weighted by Crippen LogP contribution is 2.30. The van der Waals surface area contributed by atoms with E-state index in [9.17, 15) is 4.79 Å². The van der Waals surface area contributed by atoms with Crippen molar-refractivity contribution in [1.29, 1.82) is 0 Å². The average molecular weight is 468 g/mol. The SMILES string of the molecule is COc1ccc(NC(=O)c2csc(Cc3ccccc3)n2)cc1OCCN(C(C)C)C(C)C. The van der Waals surface area contributed by atoms with Gasteiger partial charge in [-0.05, 0) is 45.4 Å². The van der Waals surface area contributed by atoms with E-state index in [2.05, 4.69) is 55.0 Å². The molecule has 0 bridgehead atoms. The molecule has 1 amide bonds. The van der Waals surface area contributed by atoms with E-state index in [-0.39, 0.29) is 5.91 Å². The molecule has 0 saturated carbocycles. The lowest BCUT2D eigenvalue weighted by Gasteiger charge is -2.30. The molecule has 33 heavy (non-hydrogen) atoms. The number of anilines is 1. The number of amides is 1. The Labute approximate surface area is 200 Å². The molecule has 1 aromatic heterocycles. The topological polar surface area (TPSA) is 63.7 Å². The number of thiazole rings is 1. The molecule has 7 heteroatoms. The smallest absolute Gasteiger partial charge is 0.275 e. The third-order valence-corrected chi connectivity index (χ3v) is 6.19. The number of benzene rings is 2. The Hall–Kier alpha value is -2.90. The molecule has 2 aromatic carbocycles. The van der Waals surface area contributed by atoms with Crippen molar-refractivity contribution in [3.05, 3.63) is 70.2 Å². The van der Waals surface area contributed by atoms with E-state index in [1.165, 1.54) is 16.9 Å². The summed E-state index contributed by atoms with van der Waals surface area (Å²) in [5.74, 6) is 0.991. The highest BCUT2D eigenvalue weighted by molar-refractivity contribution is 7.09. The number of ether oxygens (including phenoxy) is 2. The van der Waals surface area contributed by atoms with Gasteiger partial charge in [0, 0.05) is 42.2 Å². The van der Waals surface area contributed by atoms with Crippen LogP contribution in [0.1, 0.15) is 48.8 Å². The summed E-state index contributed by atoms with van der Waals surface area (Å²) in [4.78, 5) is 19.6. The standard InChI is InChI=1S/C26H33N3O3S/c1-18(2)29(19(3)4)13-14-32-24-16-21(11-12-23(24)31-5)27-26(30)22-17-33-25(28-22)15-20-9-7-6-8-10-20/h6-12,16-19H,13-15H2,1-5H3,(H,27,30). The highest BCUT2D eigenvalue weighted by Gasteiger charge is 2.15. The molecule has 0 aliphatic rings. The Kier molecular flexibility index (Phi) is 8.86. The van der Waals surface area contributed by atoms with Crippen LogP contribution in [0, 0.1) is 0 Å². The Morgan fingerprint density at radius 2 is 1.79 bits per heavy atom. The van der Waals surface area contributed by atoms with Crippen molar-refractivity contribution in [2.45, 2.75) is 46.2 Å². The highest BCUT2D eigenvalue weighted by atomic mass is 32.1. The molecule has 0 atom stereocenters. The Morgan fingerprint density at radius 1 is 1.06 bits per heavy atom. The van der Waals surface area contributed by atoms with Gasteiger partial charge in [-0.3, -0.25) is 9.69 Å². The average Bonchev–Trinajstić information content (AvgIpc) is 3.25. The van der Waals surface area contributed by atoms with E-state index in [0.717, 1.165) is 11.6 Å². The summed E-state index contributed by atoms with van der Waals surface area (Å²) in [6, 6.07) is 16.4. The first-order valence-electron chi connectivity index (χ1n) is 11.2. The maximum absolute atomic E-state index is 12.8. The molecule has 0 saturated heterocycles. The van der Waals surface area contributed by atoms with Crippen LogP contribution in [-0.4, -0.2) is 48.1 Å². The van der Waals surface area contributed by atoms with Gasteiger partial charge >= 0.3 is 0 Å². The minimum Gasteiger partial charge on any atom is -0.493 e. The van der Waals surface area contributed by atoms with E-state index in [1.807, 2.05) is 18.2 Å². The van der Waals surface area contributed by atoms with Crippen LogP contribution in [0.2, 0.25) is 0 Å². The molecule has 0 radical (unpaired) electrons. The zero-order valence-electron chi connectivity index (χ0n) is 20.0. The molecule has 3 aromatic rings. The predicted octanol–water partition coefficient (Wildman–Crippen LogP) is 5.49. The van der Waals surface area contributed by atoms with E-state index >= 15 is 0 Å². The second-order valence-electron chi connectivity index (χ2n) is 8.38. The Bertz CT molecular complexity index is 1030. The molecular weight excluding hydrogens is 434 g/mol. The second-order valence-corrected chi connectivity index (χ2v) is 9.33. The number of rotatable bonds is 11. The molecule has 1 N–H and O–H groups in total. The summed E-state index contributed by atoms with van der Waals surface area (Å²) >= 11 is 1.49. The van der Waals surface area contributed by atoms with E-state index < -0.39 is 0 Å². The minimum absolute atomic E-state index is 0.243. The van der Waals surface area contributed by atoms with Crippen LogP contribution in [0.3, 0.4) is 0 Å². The van der Waals surface area contributed by atoms with Crippen molar-refractivity contribution in [1.82, 2.24) is 9.88 Å². The lowest BCUT2D eigenvalue weighted by Crippen LogP contribution is -2.39. The fraction of sp³-hybridized carbons (Fsp3) is 0.385. The number of carbonyl (C=O) groups is 1. The van der Waals surface area contributed by atoms with Gasteiger partial charge in [-0.15, -0.1) is 11.3 Å². The first-order chi connectivity index (χ1) is 15.9. The molecule has 0 aliphatic heterocycles. The van der Waals surface area contributed by atoms with Gasteiger partial charge in [0.2, 0.25) is 0 Å². The van der Waals surface area contributed by atoms with Crippen LogP contribution in [0.25, 0.3) is 0 Å². The van der Waals surface area contributed by atoms with Crippen LogP contribution in [0.15, 0.2) is 53.9 Å². The van der Waals surface area contributed by atoms with Gasteiger partial charge in [-0.25, -0.2) is 4.98 Å². The number of hydrogen-bond acceptors (Lipinski definition) is 6. The van der Waals surface area contributed by atoms with Crippen molar-refractivity contribution >= 4 is 22.9 Å². The monoisotopic (exact) mass is 467 g/mol. The van der Waals surface area contributed by atoms with Crippen LogP contribution >= 0.6 is 11.3 Å². The van der Waals surface area contributed by atoms with Crippen LogP contribution in [-0.2, 0) is 6.42 Å². The predicted molar refractivity (Wildman–Crippen MR) is 135 cm³/mol. The molecule has 6 nitrogen and oxygen atoms in total. The summed E-state index contributed by atoms with van der Waals surface area (Å²) in [5, 5.41) is 5.62. The Balaban J connectivity index is 1.63. The second kappa shape index (κ2) is 11.8. The van der Waals surface area contributed by atoms with Crippen molar-refractivity contribution in [2.75, 3.05) is 25.6 Å². The summed E-state index contributed by atoms with van der Waals surface area (Å²) in [7, 11) is 1.61. The quantitative estimate of drug-likeness (QED) is 0.404. The first kappa shape index (κ1) is 24.7. The summed E-state index contributed by atoms with van der Waals surface area (Å²) in [6.07, 6.45) is 0.711. The number of methoxy groups -OCH3 is 1. The summed E-state index contributed by atoms with van der Waals surface area (Å²) in [5.41, 5.74) is 2.22. The third kappa shape index (κ3) is 7.04. The van der Waals surface area contributed by atoms with Crippen molar-refractivity contribution < 1.29 is 14.3 Å². The molecule has 176 valence electrons. The van der Waals surface area contributed by atoms with Gasteiger partial charge < -0.3 is 14.8 Å². The van der Waals surface area contributed by atoms with Gasteiger partial charge in [-0.2, -0.15) is 0 Å². The van der Waals surface area contributed by atoms with Crippen molar-refractivity contribution in [3.8, 4) is 11.5 Å². The maximum atomic E-state index is 12.8. The molecule has 0 aliphatic carbocycles. The van der Waals surface area contributed by atoms with Gasteiger partial charge in [0.25, 0.3) is 5.91 Å². The van der Waals surface area contributed by atoms with Gasteiger partial charge in [0.05, 0.1) is 12.1 Å². The molecule has 0 unspecified atom stereocenters. The number of aromatic nitrogens is 1. The number of carbonyl (C=O) groups excluding carboxylic acids is 1. The fourth-order valence-corrected chi connectivity index (χ4v) is 4.51. The largest absolute Gasteiger partial charge is 0.493 e. The Morgan fingerprint density at radius 3 is 2.45 bits per heavy atom. The van der Waals surface area contributed by atoms with Crippen molar-refractivity contribution in [3.63, 3.8) is 0 Å². The van der Waals surface area contributed by atoms with E-state index in [4.69, 9.17) is 9.47 Å². The van der Waals surface area contributed by atoms with Crippen molar-refractivity contribution in [2.24, 2.45) is 0 Å².